The van der Waals surface area contributed by atoms with Gasteiger partial charge in [0.2, 0.25) is 0 Å². The monoisotopic (exact) mass is 332 g/mol. The number of hydrogen-bond donors (Lipinski definition) is 2. The molecule has 2 N–H and O–H groups in total. The second-order valence-electron chi connectivity index (χ2n) is 5.47. The lowest BCUT2D eigenvalue weighted by Gasteiger charge is -2.23. The van der Waals surface area contributed by atoms with E-state index in [0.29, 0.717) is 11.6 Å². The Morgan fingerprint density at radius 3 is 2.52 bits per heavy atom. The summed E-state index contributed by atoms with van der Waals surface area (Å²) in [7, 11) is 1.67. The Bertz CT molecular complexity index is 658. The number of rotatable bonds is 5. The maximum Gasteiger partial charge on any atom is 0.317 e. The van der Waals surface area contributed by atoms with Crippen LogP contribution < -0.4 is 5.32 Å². The minimum absolute atomic E-state index is 0.0642. The number of aliphatic hydroxyl groups excluding tert-OH is 1. The highest BCUT2D eigenvalue weighted by molar-refractivity contribution is 6.30. The Morgan fingerprint density at radius 2 is 1.87 bits per heavy atom. The smallest absolute Gasteiger partial charge is 0.317 e. The lowest BCUT2D eigenvalue weighted by molar-refractivity contribution is 0.157. The van der Waals surface area contributed by atoms with Crippen molar-refractivity contribution in [1.29, 1.82) is 0 Å². The maximum absolute atomic E-state index is 12.1. The summed E-state index contributed by atoms with van der Waals surface area (Å²) >= 11 is 5.94. The van der Waals surface area contributed by atoms with Crippen LogP contribution in [0.4, 0.5) is 4.79 Å². The van der Waals surface area contributed by atoms with Crippen LogP contribution in [0.25, 0.3) is 11.1 Å². The van der Waals surface area contributed by atoms with E-state index in [1.807, 2.05) is 48.5 Å². The summed E-state index contributed by atoms with van der Waals surface area (Å²) in [6.07, 6.45) is 0. The van der Waals surface area contributed by atoms with Crippen LogP contribution in [-0.2, 0) is 6.54 Å². The Hall–Kier alpha value is -2.04. The summed E-state index contributed by atoms with van der Waals surface area (Å²) in [6.45, 7) is 2.15. The number of nitrogens with one attached hydrogen (secondary N) is 1. The van der Waals surface area contributed by atoms with Crippen molar-refractivity contribution in [3.8, 4) is 11.1 Å². The molecule has 4 nitrogen and oxygen atoms in total. The van der Waals surface area contributed by atoms with Crippen LogP contribution in [0.2, 0.25) is 5.02 Å². The number of halogens is 1. The quantitative estimate of drug-likeness (QED) is 0.880. The van der Waals surface area contributed by atoms with E-state index in [4.69, 9.17) is 16.7 Å². The molecule has 0 saturated heterocycles. The van der Waals surface area contributed by atoms with E-state index in [-0.39, 0.29) is 18.7 Å². The molecule has 2 aromatic rings. The highest BCUT2D eigenvalue weighted by Crippen LogP contribution is 2.25. The largest absolute Gasteiger partial charge is 0.394 e. The lowest BCUT2D eigenvalue weighted by atomic mass is 10.00. The summed E-state index contributed by atoms with van der Waals surface area (Å²) in [4.78, 5) is 13.6. The van der Waals surface area contributed by atoms with Crippen LogP contribution in [0.3, 0.4) is 0 Å². The molecule has 1 atom stereocenters. The lowest BCUT2D eigenvalue weighted by Crippen LogP contribution is -2.43. The van der Waals surface area contributed by atoms with Crippen molar-refractivity contribution in [2.45, 2.75) is 19.5 Å². The van der Waals surface area contributed by atoms with E-state index in [1.54, 1.807) is 14.0 Å². The summed E-state index contributed by atoms with van der Waals surface area (Å²) < 4.78 is 0. The third kappa shape index (κ3) is 4.47. The van der Waals surface area contributed by atoms with E-state index < -0.39 is 0 Å². The van der Waals surface area contributed by atoms with Crippen molar-refractivity contribution in [2.24, 2.45) is 0 Å². The van der Waals surface area contributed by atoms with E-state index in [0.717, 1.165) is 16.7 Å². The molecule has 0 aromatic heterocycles. The zero-order chi connectivity index (χ0) is 16.8. The number of nitrogens with zero attached hydrogens (tertiary/aromatic N) is 1. The topological polar surface area (TPSA) is 52.6 Å². The van der Waals surface area contributed by atoms with Crippen LogP contribution in [0.5, 0.6) is 0 Å². The van der Waals surface area contributed by atoms with Gasteiger partial charge in [0, 0.05) is 18.6 Å². The first-order valence-corrected chi connectivity index (χ1v) is 7.86. The van der Waals surface area contributed by atoms with Crippen LogP contribution >= 0.6 is 11.6 Å². The number of carbonyl (C=O) groups excluding carboxylic acids is 1. The number of hydrogen-bond acceptors (Lipinski definition) is 2. The first kappa shape index (κ1) is 17.3. The summed E-state index contributed by atoms with van der Waals surface area (Å²) in [6, 6.07) is 15.1. The van der Waals surface area contributed by atoms with Gasteiger partial charge in [-0.3, -0.25) is 0 Å². The number of benzene rings is 2. The molecule has 23 heavy (non-hydrogen) atoms. The fourth-order valence-corrected chi connectivity index (χ4v) is 2.33. The molecule has 0 aliphatic carbocycles. The predicted octanol–water partition coefficient (Wildman–Crippen LogP) is 3.53. The van der Waals surface area contributed by atoms with Gasteiger partial charge < -0.3 is 15.3 Å². The maximum atomic E-state index is 12.1. The SMILES string of the molecule is CC(CO)N(C)C(=O)NCc1ccccc1-c1ccc(Cl)cc1. The highest BCUT2D eigenvalue weighted by Gasteiger charge is 2.14. The van der Waals surface area contributed by atoms with Gasteiger partial charge in [0.25, 0.3) is 0 Å². The normalized spacial score (nSPS) is 11.8. The van der Waals surface area contributed by atoms with Crippen molar-refractivity contribution in [3.05, 3.63) is 59.1 Å². The standard InChI is InChI=1S/C18H21ClN2O2/c1-13(12-22)21(2)18(23)20-11-15-5-3-4-6-17(15)14-7-9-16(19)10-8-14/h3-10,13,22H,11-12H2,1-2H3,(H,20,23). The Balaban J connectivity index is 2.12. The molecule has 0 radical (unpaired) electrons. The van der Waals surface area contributed by atoms with Crippen LogP contribution in [0.1, 0.15) is 12.5 Å². The Morgan fingerprint density at radius 1 is 1.22 bits per heavy atom. The zero-order valence-electron chi connectivity index (χ0n) is 13.3. The fourth-order valence-electron chi connectivity index (χ4n) is 2.20. The van der Waals surface area contributed by atoms with Gasteiger partial charge in [0.1, 0.15) is 0 Å². The molecule has 1 unspecified atom stereocenters. The predicted molar refractivity (Wildman–Crippen MR) is 93.4 cm³/mol. The second kappa shape index (κ2) is 7.99. The number of likely N-dealkylation sites (N-methyl/N-ethyl adjacent to an activating group) is 1. The van der Waals surface area contributed by atoms with Gasteiger partial charge in [0.05, 0.1) is 12.6 Å². The number of amides is 2. The minimum atomic E-state index is -0.221. The van der Waals surface area contributed by atoms with Crippen molar-refractivity contribution in [2.75, 3.05) is 13.7 Å². The molecule has 0 spiro atoms. The molecule has 0 bridgehead atoms. The van der Waals surface area contributed by atoms with Gasteiger partial charge in [-0.25, -0.2) is 4.79 Å². The fraction of sp³-hybridized carbons (Fsp3) is 0.278. The average molecular weight is 333 g/mol. The van der Waals surface area contributed by atoms with E-state index in [2.05, 4.69) is 5.32 Å². The van der Waals surface area contributed by atoms with Crippen LogP contribution in [0.15, 0.2) is 48.5 Å². The molecule has 0 saturated carbocycles. The van der Waals surface area contributed by atoms with Gasteiger partial charge in [-0.05, 0) is 35.7 Å². The summed E-state index contributed by atoms with van der Waals surface area (Å²) in [5.74, 6) is 0. The molecule has 122 valence electrons. The summed E-state index contributed by atoms with van der Waals surface area (Å²) in [5, 5.41) is 12.7. The molecule has 2 aromatic carbocycles. The molecule has 0 fully saturated rings. The minimum Gasteiger partial charge on any atom is -0.394 e. The van der Waals surface area contributed by atoms with Crippen LogP contribution in [0, 0.1) is 0 Å². The van der Waals surface area contributed by atoms with E-state index in [1.165, 1.54) is 4.90 Å². The Kier molecular flexibility index (Phi) is 6.02. The molecule has 2 amide bonds. The van der Waals surface area contributed by atoms with Crippen molar-refractivity contribution in [3.63, 3.8) is 0 Å². The van der Waals surface area contributed by atoms with Crippen LogP contribution in [-0.4, -0.2) is 35.7 Å². The van der Waals surface area contributed by atoms with Gasteiger partial charge in [-0.1, -0.05) is 48.0 Å². The first-order chi connectivity index (χ1) is 11.0. The molecule has 0 aliphatic heterocycles. The van der Waals surface area contributed by atoms with Gasteiger partial charge in [-0.15, -0.1) is 0 Å². The third-order valence-corrected chi connectivity index (χ3v) is 4.10. The molecule has 5 heteroatoms. The summed E-state index contributed by atoms with van der Waals surface area (Å²) in [5.41, 5.74) is 3.13. The van der Waals surface area contributed by atoms with E-state index in [9.17, 15) is 4.79 Å². The average Bonchev–Trinajstić information content (AvgIpc) is 2.59. The van der Waals surface area contributed by atoms with Crippen molar-refractivity contribution in [1.82, 2.24) is 10.2 Å². The number of urea groups is 1. The van der Waals surface area contributed by atoms with Gasteiger partial charge in [-0.2, -0.15) is 0 Å². The third-order valence-electron chi connectivity index (χ3n) is 3.85. The van der Waals surface area contributed by atoms with Gasteiger partial charge >= 0.3 is 6.03 Å². The molecular formula is C18H21ClN2O2. The van der Waals surface area contributed by atoms with Crippen molar-refractivity contribution < 1.29 is 9.90 Å². The highest BCUT2D eigenvalue weighted by atomic mass is 35.5. The molecule has 0 heterocycles. The number of carbonyl (C=O) groups is 1. The molecule has 2 rings (SSSR count). The first-order valence-electron chi connectivity index (χ1n) is 7.48. The number of aliphatic hydroxyl groups is 1. The zero-order valence-corrected chi connectivity index (χ0v) is 14.0. The second-order valence-corrected chi connectivity index (χ2v) is 5.90. The Labute approximate surface area is 141 Å². The van der Waals surface area contributed by atoms with Gasteiger partial charge in [0.15, 0.2) is 0 Å². The van der Waals surface area contributed by atoms with Crippen molar-refractivity contribution >= 4 is 17.6 Å². The van der Waals surface area contributed by atoms with E-state index >= 15 is 0 Å². The molecule has 0 aliphatic rings. The molecular weight excluding hydrogens is 312 g/mol.